The fourth-order valence-corrected chi connectivity index (χ4v) is 4.90. The first-order valence-electron chi connectivity index (χ1n) is 10.5. The van der Waals surface area contributed by atoms with Crippen LogP contribution in [-0.2, 0) is 16.0 Å². The first-order valence-corrected chi connectivity index (χ1v) is 10.5. The van der Waals surface area contributed by atoms with Crippen molar-refractivity contribution in [3.63, 3.8) is 0 Å². The van der Waals surface area contributed by atoms with Crippen LogP contribution in [-0.4, -0.2) is 71.3 Å². The van der Waals surface area contributed by atoms with E-state index >= 15 is 0 Å². The maximum atomic E-state index is 12.8. The Balaban J connectivity index is 1.31. The Morgan fingerprint density at radius 3 is 2.30 bits per heavy atom. The van der Waals surface area contributed by atoms with Crippen LogP contribution in [0.3, 0.4) is 0 Å². The first kappa shape index (κ1) is 18.5. The summed E-state index contributed by atoms with van der Waals surface area (Å²) in [4.78, 5) is 31.7. The molecule has 146 valence electrons. The lowest BCUT2D eigenvalue weighted by atomic mass is 9.77. The molecule has 1 aromatic rings. The molecule has 3 aliphatic rings. The zero-order chi connectivity index (χ0) is 18.7. The molecule has 0 aromatic heterocycles. The fraction of sp³-hybridized carbons (Fsp3) is 0.636. The molecule has 0 aliphatic carbocycles. The third-order valence-electron chi connectivity index (χ3n) is 6.68. The van der Waals surface area contributed by atoms with Crippen LogP contribution >= 0.6 is 0 Å². The Hall–Kier alpha value is -1.88. The highest BCUT2D eigenvalue weighted by Crippen LogP contribution is 2.38. The van der Waals surface area contributed by atoms with Crippen LogP contribution in [0.2, 0.25) is 0 Å². The van der Waals surface area contributed by atoms with Gasteiger partial charge in [0.05, 0.1) is 6.54 Å². The van der Waals surface area contributed by atoms with E-state index in [1.165, 1.54) is 5.56 Å². The Labute approximate surface area is 162 Å². The lowest BCUT2D eigenvalue weighted by Gasteiger charge is -2.57. The van der Waals surface area contributed by atoms with E-state index in [0.717, 1.165) is 71.2 Å². The van der Waals surface area contributed by atoms with Crippen LogP contribution in [0.25, 0.3) is 0 Å². The van der Waals surface area contributed by atoms with Crippen molar-refractivity contribution in [2.45, 2.75) is 50.5 Å². The zero-order valence-corrected chi connectivity index (χ0v) is 16.2. The van der Waals surface area contributed by atoms with Gasteiger partial charge in [0, 0.05) is 44.7 Å². The molecule has 1 spiro atoms. The third-order valence-corrected chi connectivity index (χ3v) is 6.68. The summed E-state index contributed by atoms with van der Waals surface area (Å²) in [5, 5.41) is 0. The van der Waals surface area contributed by atoms with Gasteiger partial charge in [-0.25, -0.2) is 0 Å². The minimum Gasteiger partial charge on any atom is -0.342 e. The van der Waals surface area contributed by atoms with Gasteiger partial charge in [0.1, 0.15) is 0 Å². The average molecular weight is 370 g/mol. The number of aryl methyl sites for hydroxylation is 1. The van der Waals surface area contributed by atoms with Crippen molar-refractivity contribution in [3.8, 4) is 0 Å². The van der Waals surface area contributed by atoms with Gasteiger partial charge in [-0.15, -0.1) is 0 Å². The van der Waals surface area contributed by atoms with Gasteiger partial charge in [-0.3, -0.25) is 14.5 Å². The molecular formula is C22H31N3O2. The lowest BCUT2D eigenvalue weighted by Crippen LogP contribution is -2.68. The van der Waals surface area contributed by atoms with E-state index in [0.29, 0.717) is 13.0 Å². The van der Waals surface area contributed by atoms with Gasteiger partial charge in [0.2, 0.25) is 11.8 Å². The molecule has 0 bridgehead atoms. The Morgan fingerprint density at radius 2 is 1.59 bits per heavy atom. The minimum atomic E-state index is 0.0516. The van der Waals surface area contributed by atoms with Gasteiger partial charge in [-0.2, -0.15) is 0 Å². The molecule has 1 atom stereocenters. The van der Waals surface area contributed by atoms with Gasteiger partial charge in [-0.1, -0.05) is 30.3 Å². The van der Waals surface area contributed by atoms with Crippen molar-refractivity contribution in [1.82, 2.24) is 14.7 Å². The molecule has 4 rings (SSSR count). The SMILES string of the molecule is O=C(CN1CC[C@]12CCCN(C(=O)CCc1ccccc1)C2)N1CCCC1. The number of likely N-dealkylation sites (tertiary alicyclic amines) is 3. The second-order valence-corrected chi connectivity index (χ2v) is 8.39. The molecule has 1 aromatic carbocycles. The van der Waals surface area contributed by atoms with E-state index in [-0.39, 0.29) is 17.4 Å². The number of amides is 2. The topological polar surface area (TPSA) is 43.9 Å². The summed E-state index contributed by atoms with van der Waals surface area (Å²) in [6.45, 7) is 5.03. The van der Waals surface area contributed by atoms with E-state index in [1.807, 2.05) is 23.1 Å². The normalized spacial score (nSPS) is 25.6. The molecule has 0 unspecified atom stereocenters. The van der Waals surface area contributed by atoms with E-state index in [1.54, 1.807) is 0 Å². The summed E-state index contributed by atoms with van der Waals surface area (Å²) in [6, 6.07) is 10.2. The molecule has 3 fully saturated rings. The summed E-state index contributed by atoms with van der Waals surface area (Å²) in [6.07, 6.45) is 6.94. The Kier molecular flexibility index (Phi) is 5.48. The van der Waals surface area contributed by atoms with Gasteiger partial charge in [0.15, 0.2) is 0 Å². The predicted molar refractivity (Wildman–Crippen MR) is 105 cm³/mol. The highest BCUT2D eigenvalue weighted by Gasteiger charge is 2.48. The third kappa shape index (κ3) is 4.03. The monoisotopic (exact) mass is 369 g/mol. The van der Waals surface area contributed by atoms with Crippen molar-refractivity contribution in [2.24, 2.45) is 0 Å². The second kappa shape index (κ2) is 8.01. The number of hydrogen-bond donors (Lipinski definition) is 0. The van der Waals surface area contributed by atoms with Gasteiger partial charge in [0.25, 0.3) is 0 Å². The van der Waals surface area contributed by atoms with Crippen LogP contribution in [0, 0.1) is 0 Å². The van der Waals surface area contributed by atoms with Crippen molar-refractivity contribution in [1.29, 1.82) is 0 Å². The quantitative estimate of drug-likeness (QED) is 0.800. The fourth-order valence-electron chi connectivity index (χ4n) is 4.90. The van der Waals surface area contributed by atoms with E-state index in [9.17, 15) is 9.59 Å². The highest BCUT2D eigenvalue weighted by molar-refractivity contribution is 5.79. The standard InChI is InChI=1S/C22H31N3O2/c26-20(10-9-19-7-2-1-3-8-19)24-15-6-11-22(18-24)12-16-25(22)17-21(27)23-13-4-5-14-23/h1-3,7-8H,4-6,9-18H2/t22-/m0/s1. The zero-order valence-electron chi connectivity index (χ0n) is 16.2. The van der Waals surface area contributed by atoms with Crippen molar-refractivity contribution < 1.29 is 9.59 Å². The number of carbonyl (C=O) groups is 2. The Bertz CT molecular complexity index is 671. The van der Waals surface area contributed by atoms with Crippen LogP contribution in [0.5, 0.6) is 0 Å². The maximum Gasteiger partial charge on any atom is 0.236 e. The van der Waals surface area contributed by atoms with Crippen molar-refractivity contribution in [2.75, 3.05) is 39.3 Å². The summed E-state index contributed by atoms with van der Waals surface area (Å²) in [7, 11) is 0. The minimum absolute atomic E-state index is 0.0516. The number of carbonyl (C=O) groups excluding carboxylic acids is 2. The lowest BCUT2D eigenvalue weighted by molar-refractivity contribution is -0.145. The average Bonchev–Trinajstić information content (AvgIpc) is 3.25. The molecule has 0 radical (unpaired) electrons. The van der Waals surface area contributed by atoms with Crippen LogP contribution < -0.4 is 0 Å². The molecule has 3 heterocycles. The van der Waals surface area contributed by atoms with Crippen LogP contribution in [0.4, 0.5) is 0 Å². The van der Waals surface area contributed by atoms with E-state index < -0.39 is 0 Å². The predicted octanol–water partition coefficient (Wildman–Crippen LogP) is 2.31. The van der Waals surface area contributed by atoms with Crippen molar-refractivity contribution >= 4 is 11.8 Å². The number of hydrogen-bond acceptors (Lipinski definition) is 3. The smallest absolute Gasteiger partial charge is 0.236 e. The number of benzene rings is 1. The summed E-state index contributed by atoms with van der Waals surface area (Å²) < 4.78 is 0. The van der Waals surface area contributed by atoms with Crippen LogP contribution in [0.15, 0.2) is 30.3 Å². The molecule has 27 heavy (non-hydrogen) atoms. The van der Waals surface area contributed by atoms with Gasteiger partial charge >= 0.3 is 0 Å². The molecule has 0 N–H and O–H groups in total. The number of rotatable bonds is 5. The second-order valence-electron chi connectivity index (χ2n) is 8.39. The molecule has 2 amide bonds. The summed E-state index contributed by atoms with van der Waals surface area (Å²) >= 11 is 0. The molecule has 3 aliphatic heterocycles. The molecule has 5 nitrogen and oxygen atoms in total. The molecule has 0 saturated carbocycles. The first-order chi connectivity index (χ1) is 13.2. The molecule has 3 saturated heterocycles. The van der Waals surface area contributed by atoms with Crippen LogP contribution in [0.1, 0.15) is 44.1 Å². The number of nitrogens with zero attached hydrogens (tertiary/aromatic N) is 3. The van der Waals surface area contributed by atoms with E-state index in [2.05, 4.69) is 21.9 Å². The van der Waals surface area contributed by atoms with E-state index in [4.69, 9.17) is 0 Å². The Morgan fingerprint density at radius 1 is 0.852 bits per heavy atom. The van der Waals surface area contributed by atoms with Gasteiger partial charge < -0.3 is 9.80 Å². The van der Waals surface area contributed by atoms with Gasteiger partial charge in [-0.05, 0) is 44.1 Å². The summed E-state index contributed by atoms with van der Waals surface area (Å²) in [5.74, 6) is 0.537. The number of piperidine rings is 1. The summed E-state index contributed by atoms with van der Waals surface area (Å²) in [5.41, 5.74) is 1.27. The molecular weight excluding hydrogens is 338 g/mol. The highest BCUT2D eigenvalue weighted by atomic mass is 16.2. The maximum absolute atomic E-state index is 12.8. The van der Waals surface area contributed by atoms with Crippen molar-refractivity contribution in [3.05, 3.63) is 35.9 Å². The molecule has 5 heteroatoms. The largest absolute Gasteiger partial charge is 0.342 e.